The van der Waals surface area contributed by atoms with Crippen LogP contribution in [0.4, 0.5) is 11.4 Å². The number of nitrogens with one attached hydrogen (secondary N) is 1. The summed E-state index contributed by atoms with van der Waals surface area (Å²) in [5.74, 6) is 0.0888. The Morgan fingerprint density at radius 1 is 0.969 bits per heavy atom. The molecule has 4 aromatic rings. The Balaban J connectivity index is 1.30. The monoisotopic (exact) mass is 446 g/mol. The number of aromatic nitrogens is 4. The highest BCUT2D eigenvalue weighted by molar-refractivity contribution is 7.99. The molecule has 0 bridgehead atoms. The predicted molar refractivity (Wildman–Crippen MR) is 125 cm³/mol. The van der Waals surface area contributed by atoms with Crippen LogP contribution in [0.5, 0.6) is 0 Å². The van der Waals surface area contributed by atoms with E-state index in [1.54, 1.807) is 4.68 Å². The van der Waals surface area contributed by atoms with Crippen molar-refractivity contribution in [1.82, 2.24) is 20.2 Å². The van der Waals surface area contributed by atoms with Gasteiger partial charge >= 0.3 is 0 Å². The fraction of sp³-hybridized carbons (Fsp3) is 0.217. The van der Waals surface area contributed by atoms with Crippen LogP contribution in [0, 0.1) is 0 Å². The van der Waals surface area contributed by atoms with Crippen LogP contribution < -0.4 is 10.2 Å². The molecule has 1 N–H and O–H groups in total. The highest BCUT2D eigenvalue weighted by Gasteiger charge is 2.17. The Morgan fingerprint density at radius 3 is 2.62 bits per heavy atom. The van der Waals surface area contributed by atoms with Crippen LogP contribution in [0.1, 0.15) is 0 Å². The van der Waals surface area contributed by atoms with Crippen LogP contribution in [0.3, 0.4) is 0 Å². The van der Waals surface area contributed by atoms with E-state index in [0.717, 1.165) is 40.9 Å². The number of para-hydroxylation sites is 2. The Labute approximate surface area is 189 Å². The molecule has 0 spiro atoms. The van der Waals surface area contributed by atoms with Crippen LogP contribution in [-0.2, 0) is 9.53 Å². The maximum atomic E-state index is 12.7. The maximum Gasteiger partial charge on any atom is 0.234 e. The lowest BCUT2D eigenvalue weighted by atomic mass is 10.1. The second-order valence-corrected chi connectivity index (χ2v) is 8.27. The number of hydrogen-bond donors (Lipinski definition) is 1. The van der Waals surface area contributed by atoms with Gasteiger partial charge in [-0.05, 0) is 34.0 Å². The van der Waals surface area contributed by atoms with Crippen molar-refractivity contribution in [3.8, 4) is 5.69 Å². The summed E-state index contributed by atoms with van der Waals surface area (Å²) in [4.78, 5) is 15.0. The smallest absolute Gasteiger partial charge is 0.234 e. The molecule has 9 heteroatoms. The molecule has 1 saturated heterocycles. The minimum absolute atomic E-state index is 0.108. The van der Waals surface area contributed by atoms with E-state index >= 15 is 0 Å². The van der Waals surface area contributed by atoms with Crippen molar-refractivity contribution in [3.63, 3.8) is 0 Å². The van der Waals surface area contributed by atoms with E-state index in [0.29, 0.717) is 18.4 Å². The van der Waals surface area contributed by atoms with Gasteiger partial charge in [0.25, 0.3) is 0 Å². The third-order valence-corrected chi connectivity index (χ3v) is 6.22. The molecule has 0 radical (unpaired) electrons. The SMILES string of the molecule is O=C(CSc1nnnn1-c1cccc2ccccc12)Nc1ccccc1N1CCOCC1. The van der Waals surface area contributed by atoms with Gasteiger partial charge in [-0.2, -0.15) is 4.68 Å². The first kappa shape index (κ1) is 20.5. The lowest BCUT2D eigenvalue weighted by Crippen LogP contribution is -2.36. The molecule has 0 atom stereocenters. The average Bonchev–Trinajstić information content (AvgIpc) is 3.32. The van der Waals surface area contributed by atoms with Crippen molar-refractivity contribution in [3.05, 3.63) is 66.7 Å². The number of hydrogen-bond acceptors (Lipinski definition) is 7. The number of rotatable bonds is 6. The lowest BCUT2D eigenvalue weighted by Gasteiger charge is -2.30. The van der Waals surface area contributed by atoms with Gasteiger partial charge in [-0.25, -0.2) is 0 Å². The van der Waals surface area contributed by atoms with Gasteiger partial charge in [-0.1, -0.05) is 60.3 Å². The number of morpholine rings is 1. The molecule has 2 heterocycles. The highest BCUT2D eigenvalue weighted by atomic mass is 32.2. The molecule has 0 saturated carbocycles. The number of anilines is 2. The van der Waals surface area contributed by atoms with E-state index in [-0.39, 0.29) is 11.7 Å². The van der Waals surface area contributed by atoms with Gasteiger partial charge in [-0.3, -0.25) is 4.79 Å². The number of fused-ring (bicyclic) bond motifs is 1. The summed E-state index contributed by atoms with van der Waals surface area (Å²) >= 11 is 1.31. The maximum absolute atomic E-state index is 12.7. The average molecular weight is 447 g/mol. The number of benzene rings is 3. The van der Waals surface area contributed by atoms with Gasteiger partial charge in [0.2, 0.25) is 11.1 Å². The molecule has 0 aliphatic carbocycles. The zero-order valence-corrected chi connectivity index (χ0v) is 18.2. The first-order chi connectivity index (χ1) is 15.8. The van der Waals surface area contributed by atoms with Crippen LogP contribution in [-0.4, -0.2) is 58.2 Å². The molecule has 8 nitrogen and oxygen atoms in total. The summed E-state index contributed by atoms with van der Waals surface area (Å²) in [5.41, 5.74) is 2.69. The van der Waals surface area contributed by atoms with Gasteiger partial charge in [0.1, 0.15) is 0 Å². The van der Waals surface area contributed by atoms with Gasteiger partial charge in [0.15, 0.2) is 0 Å². The summed E-state index contributed by atoms with van der Waals surface area (Å²) in [5, 5.41) is 17.9. The first-order valence-electron chi connectivity index (χ1n) is 10.4. The Hall–Kier alpha value is -3.43. The number of carbonyl (C=O) groups is 1. The molecule has 1 aliphatic heterocycles. The number of thioether (sulfide) groups is 1. The zero-order valence-electron chi connectivity index (χ0n) is 17.3. The molecule has 0 unspecified atom stereocenters. The van der Waals surface area contributed by atoms with Gasteiger partial charge in [0, 0.05) is 18.5 Å². The molecule has 5 rings (SSSR count). The third kappa shape index (κ3) is 4.30. The summed E-state index contributed by atoms with van der Waals surface area (Å²) in [6.45, 7) is 2.99. The van der Waals surface area contributed by atoms with E-state index in [2.05, 4.69) is 37.9 Å². The summed E-state index contributed by atoms with van der Waals surface area (Å²) in [7, 11) is 0. The van der Waals surface area contributed by atoms with E-state index in [1.165, 1.54) is 11.8 Å². The van der Waals surface area contributed by atoms with E-state index in [1.807, 2.05) is 54.6 Å². The molecule has 162 valence electrons. The Kier molecular flexibility index (Phi) is 6.00. The topological polar surface area (TPSA) is 85.2 Å². The standard InChI is InChI=1S/C23H22N6O2S/c30-22(24-19-9-3-4-10-21(19)28-12-14-31-15-13-28)16-32-23-25-26-27-29(23)20-11-5-7-17-6-1-2-8-18(17)20/h1-11H,12-16H2,(H,24,30). The normalized spacial score (nSPS) is 13.9. The minimum atomic E-state index is -0.108. The second kappa shape index (κ2) is 9.37. The van der Waals surface area contributed by atoms with Gasteiger partial charge < -0.3 is 15.0 Å². The lowest BCUT2D eigenvalue weighted by molar-refractivity contribution is -0.113. The summed E-state index contributed by atoms with van der Waals surface area (Å²) in [6, 6.07) is 21.9. The van der Waals surface area contributed by atoms with Crippen LogP contribution in [0.25, 0.3) is 16.5 Å². The molecule has 1 aromatic heterocycles. The third-order valence-electron chi connectivity index (χ3n) is 5.30. The number of nitrogens with zero attached hydrogens (tertiary/aromatic N) is 5. The van der Waals surface area contributed by atoms with Crippen LogP contribution in [0.2, 0.25) is 0 Å². The van der Waals surface area contributed by atoms with Crippen LogP contribution in [0.15, 0.2) is 71.9 Å². The zero-order chi connectivity index (χ0) is 21.8. The number of carbonyl (C=O) groups excluding carboxylic acids is 1. The van der Waals surface area contributed by atoms with Crippen LogP contribution >= 0.6 is 11.8 Å². The van der Waals surface area contributed by atoms with Crippen molar-refractivity contribution in [2.24, 2.45) is 0 Å². The van der Waals surface area contributed by atoms with E-state index in [4.69, 9.17) is 4.74 Å². The first-order valence-corrected chi connectivity index (χ1v) is 11.4. The van der Waals surface area contributed by atoms with Gasteiger partial charge in [-0.15, -0.1) is 5.10 Å². The Morgan fingerprint density at radius 2 is 1.72 bits per heavy atom. The molecule has 3 aromatic carbocycles. The number of ether oxygens (including phenoxy) is 1. The number of tetrazole rings is 1. The largest absolute Gasteiger partial charge is 0.378 e. The molecule has 1 fully saturated rings. The predicted octanol–water partition coefficient (Wildman–Crippen LogP) is 3.38. The highest BCUT2D eigenvalue weighted by Crippen LogP contribution is 2.28. The minimum Gasteiger partial charge on any atom is -0.378 e. The van der Waals surface area contributed by atoms with Crippen molar-refractivity contribution < 1.29 is 9.53 Å². The van der Waals surface area contributed by atoms with Gasteiger partial charge in [0.05, 0.1) is 36.0 Å². The fourth-order valence-corrected chi connectivity index (χ4v) is 4.47. The van der Waals surface area contributed by atoms with Crippen molar-refractivity contribution in [1.29, 1.82) is 0 Å². The van der Waals surface area contributed by atoms with E-state index < -0.39 is 0 Å². The molecular formula is C23H22N6O2S. The summed E-state index contributed by atoms with van der Waals surface area (Å²) in [6.07, 6.45) is 0. The molecule has 32 heavy (non-hydrogen) atoms. The molecule has 1 aliphatic rings. The van der Waals surface area contributed by atoms with Crippen molar-refractivity contribution >= 4 is 39.8 Å². The van der Waals surface area contributed by atoms with Crippen molar-refractivity contribution in [2.45, 2.75) is 5.16 Å². The number of amides is 1. The fourth-order valence-electron chi connectivity index (χ4n) is 3.79. The Bertz CT molecular complexity index is 1230. The van der Waals surface area contributed by atoms with E-state index in [9.17, 15) is 4.79 Å². The quantitative estimate of drug-likeness (QED) is 0.455. The second-order valence-electron chi connectivity index (χ2n) is 7.32. The summed E-state index contributed by atoms with van der Waals surface area (Å²) < 4.78 is 7.13. The molecular weight excluding hydrogens is 424 g/mol. The van der Waals surface area contributed by atoms with Crippen molar-refractivity contribution in [2.75, 3.05) is 42.3 Å². The molecule has 1 amide bonds.